The van der Waals surface area contributed by atoms with Crippen LogP contribution < -0.4 is 4.90 Å². The summed E-state index contributed by atoms with van der Waals surface area (Å²) in [5.74, 6) is 0. The van der Waals surface area contributed by atoms with Crippen LogP contribution in [0, 0.1) is 0 Å². The van der Waals surface area contributed by atoms with Crippen molar-refractivity contribution in [1.29, 1.82) is 0 Å². The highest BCUT2D eigenvalue weighted by Crippen LogP contribution is 2.47. The third-order valence-corrected chi connectivity index (χ3v) is 11.0. The monoisotopic (exact) mass is 702 g/mol. The van der Waals surface area contributed by atoms with Gasteiger partial charge in [-0.1, -0.05) is 140 Å². The summed E-state index contributed by atoms with van der Waals surface area (Å²) in [5.41, 5.74) is 13.1. The minimum absolute atomic E-state index is 0.862. The highest BCUT2D eigenvalue weighted by Gasteiger charge is 2.23. The van der Waals surface area contributed by atoms with Crippen LogP contribution in [0.25, 0.3) is 82.5 Å². The number of hydrogen-bond donors (Lipinski definition) is 0. The smallest absolute Gasteiger partial charge is 0.160 e. The summed E-state index contributed by atoms with van der Waals surface area (Å²) in [5, 5.41) is 7.02. The average molecular weight is 703 g/mol. The molecule has 0 spiro atoms. The standard InChI is InChI=1S/C52H34N2O/c1-4-15-35(16-5-1)36-27-30-41(31-28-36)53(39-18-6-2-7-19-39)48-34-37-17-10-11-22-43(37)51-45-33-38(29-32-49(45)55-52(48)51)42-24-14-26-47-50(42)44-23-12-13-25-46(44)54(47)40-20-8-3-9-21-40/h1-34H. The second-order valence-corrected chi connectivity index (χ2v) is 14.1. The second kappa shape index (κ2) is 12.6. The van der Waals surface area contributed by atoms with Crippen molar-refractivity contribution in [3.8, 4) is 27.9 Å². The lowest BCUT2D eigenvalue weighted by Gasteiger charge is -2.26. The van der Waals surface area contributed by atoms with Gasteiger partial charge < -0.3 is 13.9 Å². The first-order valence-electron chi connectivity index (χ1n) is 18.8. The number of hydrogen-bond acceptors (Lipinski definition) is 2. The zero-order chi connectivity index (χ0) is 36.3. The molecule has 0 aliphatic rings. The van der Waals surface area contributed by atoms with Crippen LogP contribution in [-0.4, -0.2) is 4.57 Å². The third-order valence-electron chi connectivity index (χ3n) is 11.0. The van der Waals surface area contributed by atoms with E-state index in [0.717, 1.165) is 55.6 Å². The number of benzene rings is 9. The van der Waals surface area contributed by atoms with E-state index in [4.69, 9.17) is 4.42 Å². The van der Waals surface area contributed by atoms with Gasteiger partial charge in [0.1, 0.15) is 5.58 Å². The van der Waals surface area contributed by atoms with Gasteiger partial charge in [0.15, 0.2) is 5.58 Å². The molecular weight excluding hydrogens is 669 g/mol. The van der Waals surface area contributed by atoms with E-state index in [2.05, 4.69) is 216 Å². The molecule has 0 N–H and O–H groups in total. The van der Waals surface area contributed by atoms with E-state index in [1.807, 2.05) is 0 Å². The first kappa shape index (κ1) is 31.2. The zero-order valence-corrected chi connectivity index (χ0v) is 29.9. The number of rotatable bonds is 6. The molecule has 0 saturated carbocycles. The van der Waals surface area contributed by atoms with Gasteiger partial charge in [-0.05, 0) is 99.8 Å². The zero-order valence-electron chi connectivity index (χ0n) is 29.9. The molecule has 3 nitrogen and oxygen atoms in total. The topological polar surface area (TPSA) is 21.3 Å². The molecule has 11 aromatic rings. The molecule has 0 unspecified atom stereocenters. The lowest BCUT2D eigenvalue weighted by Crippen LogP contribution is -2.10. The van der Waals surface area contributed by atoms with Gasteiger partial charge in [0.05, 0.1) is 16.7 Å². The molecule has 0 aliphatic heterocycles. The van der Waals surface area contributed by atoms with Crippen LogP contribution >= 0.6 is 0 Å². The maximum absolute atomic E-state index is 6.97. The first-order chi connectivity index (χ1) is 27.3. The van der Waals surface area contributed by atoms with Crippen molar-refractivity contribution in [2.75, 3.05) is 4.90 Å². The maximum atomic E-state index is 6.97. The van der Waals surface area contributed by atoms with Crippen molar-refractivity contribution >= 4 is 71.6 Å². The minimum Gasteiger partial charge on any atom is -0.454 e. The van der Waals surface area contributed by atoms with Gasteiger partial charge in [-0.15, -0.1) is 0 Å². The lowest BCUT2D eigenvalue weighted by molar-refractivity contribution is 0.669. The van der Waals surface area contributed by atoms with Gasteiger partial charge in [0.25, 0.3) is 0 Å². The van der Waals surface area contributed by atoms with Crippen molar-refractivity contribution in [1.82, 2.24) is 4.57 Å². The van der Waals surface area contributed by atoms with Gasteiger partial charge in [0, 0.05) is 38.6 Å². The summed E-state index contributed by atoms with van der Waals surface area (Å²) >= 11 is 0. The van der Waals surface area contributed by atoms with E-state index < -0.39 is 0 Å². The molecule has 0 aliphatic carbocycles. The lowest BCUT2D eigenvalue weighted by atomic mass is 9.96. The van der Waals surface area contributed by atoms with E-state index in [9.17, 15) is 0 Å². The van der Waals surface area contributed by atoms with Gasteiger partial charge in [-0.3, -0.25) is 0 Å². The largest absolute Gasteiger partial charge is 0.454 e. The molecule has 0 radical (unpaired) electrons. The predicted octanol–water partition coefficient (Wildman–Crippen LogP) is 14.6. The Morgan fingerprint density at radius 3 is 1.82 bits per heavy atom. The van der Waals surface area contributed by atoms with E-state index >= 15 is 0 Å². The molecule has 3 heteroatoms. The molecule has 0 atom stereocenters. The number of fused-ring (bicyclic) bond motifs is 8. The summed E-state index contributed by atoms with van der Waals surface area (Å²) in [4.78, 5) is 2.33. The van der Waals surface area contributed by atoms with Crippen LogP contribution in [-0.2, 0) is 0 Å². The van der Waals surface area contributed by atoms with Gasteiger partial charge in [-0.2, -0.15) is 0 Å². The van der Waals surface area contributed by atoms with Gasteiger partial charge in [-0.25, -0.2) is 0 Å². The number of nitrogens with zero attached hydrogens (tertiary/aromatic N) is 2. The first-order valence-corrected chi connectivity index (χ1v) is 18.8. The molecule has 258 valence electrons. The Hall–Kier alpha value is -7.36. The molecule has 0 amide bonds. The Morgan fingerprint density at radius 1 is 0.400 bits per heavy atom. The Morgan fingerprint density at radius 2 is 1.02 bits per heavy atom. The van der Waals surface area contributed by atoms with E-state index in [-0.39, 0.29) is 0 Å². The highest BCUT2D eigenvalue weighted by molar-refractivity contribution is 6.24. The van der Waals surface area contributed by atoms with Crippen LogP contribution in [0.5, 0.6) is 0 Å². The van der Waals surface area contributed by atoms with E-state index in [1.165, 1.54) is 43.9 Å². The second-order valence-electron chi connectivity index (χ2n) is 14.1. The molecule has 11 rings (SSSR count). The molecule has 2 aromatic heterocycles. The van der Waals surface area contributed by atoms with Gasteiger partial charge in [0.2, 0.25) is 0 Å². The average Bonchev–Trinajstić information content (AvgIpc) is 3.82. The van der Waals surface area contributed by atoms with Crippen LogP contribution in [0.15, 0.2) is 211 Å². The van der Waals surface area contributed by atoms with Crippen LogP contribution in [0.4, 0.5) is 17.1 Å². The molecule has 9 aromatic carbocycles. The predicted molar refractivity (Wildman–Crippen MR) is 231 cm³/mol. The summed E-state index contributed by atoms with van der Waals surface area (Å²) < 4.78 is 9.35. The Balaban J connectivity index is 1.15. The SMILES string of the molecule is c1ccc(-c2ccc(N(c3ccccc3)c3cc4ccccc4c4c3oc3ccc(-c5cccc6c5c5ccccc5n6-c5ccccc5)cc34)cc2)cc1. The van der Waals surface area contributed by atoms with Crippen LogP contribution in [0.1, 0.15) is 0 Å². The number of para-hydroxylation sites is 3. The van der Waals surface area contributed by atoms with E-state index in [0.29, 0.717) is 0 Å². The van der Waals surface area contributed by atoms with Crippen LogP contribution in [0.3, 0.4) is 0 Å². The van der Waals surface area contributed by atoms with Crippen molar-refractivity contribution in [2.45, 2.75) is 0 Å². The van der Waals surface area contributed by atoms with Gasteiger partial charge >= 0.3 is 0 Å². The minimum atomic E-state index is 0.862. The van der Waals surface area contributed by atoms with Crippen molar-refractivity contribution in [3.05, 3.63) is 206 Å². The number of furan rings is 1. The summed E-state index contributed by atoms with van der Waals surface area (Å²) in [6, 6.07) is 73.7. The molecule has 0 bridgehead atoms. The third kappa shape index (κ3) is 5.05. The Labute approximate surface area is 318 Å². The fourth-order valence-corrected chi connectivity index (χ4v) is 8.50. The van der Waals surface area contributed by atoms with Crippen molar-refractivity contribution in [2.24, 2.45) is 0 Å². The molecule has 0 saturated heterocycles. The van der Waals surface area contributed by atoms with Crippen molar-refractivity contribution < 1.29 is 4.42 Å². The normalized spacial score (nSPS) is 11.6. The fourth-order valence-electron chi connectivity index (χ4n) is 8.50. The highest BCUT2D eigenvalue weighted by atomic mass is 16.3. The summed E-state index contributed by atoms with van der Waals surface area (Å²) in [7, 11) is 0. The maximum Gasteiger partial charge on any atom is 0.160 e. The summed E-state index contributed by atoms with van der Waals surface area (Å²) in [6.45, 7) is 0. The molecule has 55 heavy (non-hydrogen) atoms. The quantitative estimate of drug-likeness (QED) is 0.172. The number of aromatic nitrogens is 1. The van der Waals surface area contributed by atoms with Crippen LogP contribution in [0.2, 0.25) is 0 Å². The van der Waals surface area contributed by atoms with E-state index in [1.54, 1.807) is 0 Å². The molecule has 0 fully saturated rings. The Kier molecular flexibility index (Phi) is 7.17. The Bertz CT molecular complexity index is 3180. The van der Waals surface area contributed by atoms with Crippen molar-refractivity contribution in [3.63, 3.8) is 0 Å². The number of anilines is 3. The summed E-state index contributed by atoms with van der Waals surface area (Å²) in [6.07, 6.45) is 0. The fraction of sp³-hybridized carbons (Fsp3) is 0. The molecular formula is C52H34N2O. The molecule has 2 heterocycles.